The van der Waals surface area contributed by atoms with Gasteiger partial charge in [-0.2, -0.15) is 0 Å². The second-order valence-electron chi connectivity index (χ2n) is 7.61. The number of alkyl carbamates (subject to hydrolysis) is 1. The first kappa shape index (κ1) is 20.5. The molecule has 0 saturated heterocycles. The molecule has 0 fully saturated rings. The Kier molecular flexibility index (Phi) is 5.89. The van der Waals surface area contributed by atoms with Gasteiger partial charge in [0.1, 0.15) is 12.4 Å². The molecule has 1 amide bonds. The van der Waals surface area contributed by atoms with Gasteiger partial charge in [0, 0.05) is 12.5 Å². The third-order valence-corrected chi connectivity index (χ3v) is 5.60. The summed E-state index contributed by atoms with van der Waals surface area (Å²) in [6, 6.07) is 22.5. The number of carbonyl (C=O) groups excluding carboxylic acids is 1. The highest BCUT2D eigenvalue weighted by molar-refractivity contribution is 5.79. The standard InChI is InChI=1S/C25H23NO5/c27-18-11-9-16(10-12-18)13-17(24(28)29)14-26-25(30)31-15-23-21-7-3-1-5-19(21)20-6-2-4-8-22(20)23/h1-12,17,23,27H,13-15H2,(H,26,30)(H,28,29). The SMILES string of the molecule is O=C(NCC(Cc1ccc(O)cc1)C(=O)O)OCC1c2ccccc2-c2ccccc21. The number of carbonyl (C=O) groups is 2. The lowest BCUT2D eigenvalue weighted by Crippen LogP contribution is -2.35. The molecule has 4 rings (SSSR count). The molecule has 0 aliphatic heterocycles. The van der Waals surface area contributed by atoms with Crippen molar-refractivity contribution in [3.63, 3.8) is 0 Å². The van der Waals surface area contributed by atoms with Crippen molar-refractivity contribution >= 4 is 12.1 Å². The first-order chi connectivity index (χ1) is 15.0. The number of phenolic OH excluding ortho intramolecular Hbond substituents is 1. The number of carboxylic acids is 1. The molecule has 3 N–H and O–H groups in total. The number of benzene rings is 3. The maximum Gasteiger partial charge on any atom is 0.407 e. The average molecular weight is 417 g/mol. The topological polar surface area (TPSA) is 95.9 Å². The van der Waals surface area contributed by atoms with E-state index in [9.17, 15) is 19.8 Å². The molecule has 1 atom stereocenters. The summed E-state index contributed by atoms with van der Waals surface area (Å²) in [5.41, 5.74) is 5.29. The normalized spacial score (nSPS) is 13.2. The van der Waals surface area contributed by atoms with Crippen LogP contribution in [-0.2, 0) is 16.0 Å². The van der Waals surface area contributed by atoms with Gasteiger partial charge in [-0.3, -0.25) is 4.79 Å². The molecular weight excluding hydrogens is 394 g/mol. The number of hydrogen-bond acceptors (Lipinski definition) is 4. The molecule has 1 aliphatic carbocycles. The van der Waals surface area contributed by atoms with Gasteiger partial charge < -0.3 is 20.3 Å². The molecule has 6 nitrogen and oxygen atoms in total. The Hall–Kier alpha value is -3.80. The zero-order chi connectivity index (χ0) is 21.8. The first-order valence-electron chi connectivity index (χ1n) is 10.1. The van der Waals surface area contributed by atoms with Crippen molar-refractivity contribution in [3.8, 4) is 16.9 Å². The van der Waals surface area contributed by atoms with Crippen LogP contribution in [-0.4, -0.2) is 35.4 Å². The summed E-state index contributed by atoms with van der Waals surface area (Å²) >= 11 is 0. The highest BCUT2D eigenvalue weighted by Crippen LogP contribution is 2.44. The molecule has 1 unspecified atom stereocenters. The predicted molar refractivity (Wildman–Crippen MR) is 116 cm³/mol. The number of amides is 1. The molecule has 3 aromatic rings. The highest BCUT2D eigenvalue weighted by atomic mass is 16.5. The number of rotatable bonds is 7. The van der Waals surface area contributed by atoms with Gasteiger partial charge in [-0.1, -0.05) is 60.7 Å². The van der Waals surface area contributed by atoms with E-state index in [2.05, 4.69) is 17.4 Å². The monoisotopic (exact) mass is 417 g/mol. The third kappa shape index (κ3) is 4.53. The predicted octanol–water partition coefficient (Wildman–Crippen LogP) is 4.17. The number of aliphatic carboxylic acids is 1. The molecule has 1 aliphatic rings. The fourth-order valence-corrected chi connectivity index (χ4v) is 4.02. The Labute approximate surface area is 180 Å². The molecule has 6 heteroatoms. The number of fused-ring (bicyclic) bond motifs is 3. The van der Waals surface area contributed by atoms with Gasteiger partial charge in [-0.25, -0.2) is 4.79 Å². The van der Waals surface area contributed by atoms with E-state index in [1.807, 2.05) is 36.4 Å². The van der Waals surface area contributed by atoms with Crippen LogP contribution in [0.2, 0.25) is 0 Å². The molecule has 0 bridgehead atoms. The van der Waals surface area contributed by atoms with Crippen LogP contribution in [0.3, 0.4) is 0 Å². The van der Waals surface area contributed by atoms with Gasteiger partial charge in [0.05, 0.1) is 5.92 Å². The molecule has 0 saturated carbocycles. The summed E-state index contributed by atoms with van der Waals surface area (Å²) in [4.78, 5) is 23.9. The number of carboxylic acid groups (broad SMARTS) is 1. The average Bonchev–Trinajstić information content (AvgIpc) is 3.10. The fourth-order valence-electron chi connectivity index (χ4n) is 4.02. The summed E-state index contributed by atoms with van der Waals surface area (Å²) in [7, 11) is 0. The van der Waals surface area contributed by atoms with E-state index in [1.54, 1.807) is 12.1 Å². The molecule has 3 aromatic carbocycles. The lowest BCUT2D eigenvalue weighted by Gasteiger charge is -2.16. The number of ether oxygens (including phenoxy) is 1. The van der Waals surface area contributed by atoms with E-state index in [4.69, 9.17) is 4.74 Å². The lowest BCUT2D eigenvalue weighted by atomic mass is 9.98. The van der Waals surface area contributed by atoms with Crippen molar-refractivity contribution in [2.75, 3.05) is 13.2 Å². The number of aromatic hydroxyl groups is 1. The van der Waals surface area contributed by atoms with Crippen molar-refractivity contribution in [1.82, 2.24) is 5.32 Å². The minimum Gasteiger partial charge on any atom is -0.508 e. The number of hydrogen-bond donors (Lipinski definition) is 3. The smallest absolute Gasteiger partial charge is 0.407 e. The Morgan fingerprint density at radius 1 is 0.903 bits per heavy atom. The van der Waals surface area contributed by atoms with Crippen LogP contribution in [0.1, 0.15) is 22.6 Å². The quantitative estimate of drug-likeness (QED) is 0.536. The van der Waals surface area contributed by atoms with E-state index >= 15 is 0 Å². The number of phenols is 1. The Morgan fingerprint density at radius 2 is 1.48 bits per heavy atom. The van der Waals surface area contributed by atoms with Crippen molar-refractivity contribution in [2.24, 2.45) is 5.92 Å². The van der Waals surface area contributed by atoms with Crippen molar-refractivity contribution in [3.05, 3.63) is 89.5 Å². The van der Waals surface area contributed by atoms with Crippen LogP contribution in [0.25, 0.3) is 11.1 Å². The highest BCUT2D eigenvalue weighted by Gasteiger charge is 2.29. The summed E-state index contributed by atoms with van der Waals surface area (Å²) in [5.74, 6) is -1.74. The number of nitrogens with one attached hydrogen (secondary N) is 1. The zero-order valence-electron chi connectivity index (χ0n) is 16.8. The van der Waals surface area contributed by atoms with Gasteiger partial charge in [0.15, 0.2) is 0 Å². The summed E-state index contributed by atoms with van der Waals surface area (Å²) in [6.07, 6.45) is -0.405. The zero-order valence-corrected chi connectivity index (χ0v) is 16.8. The first-order valence-corrected chi connectivity index (χ1v) is 10.1. The Balaban J connectivity index is 1.36. The summed E-state index contributed by atoms with van der Waals surface area (Å²) in [6.45, 7) is 0.127. The van der Waals surface area contributed by atoms with Crippen LogP contribution in [0.5, 0.6) is 5.75 Å². The van der Waals surface area contributed by atoms with Crippen molar-refractivity contribution in [1.29, 1.82) is 0 Å². The van der Waals surface area contributed by atoms with Gasteiger partial charge in [0.25, 0.3) is 0 Å². The molecule has 0 heterocycles. The van der Waals surface area contributed by atoms with Gasteiger partial charge in [0.2, 0.25) is 0 Å². The second kappa shape index (κ2) is 8.92. The van der Waals surface area contributed by atoms with Crippen LogP contribution >= 0.6 is 0 Å². The summed E-state index contributed by atoms with van der Waals surface area (Å²) < 4.78 is 5.46. The lowest BCUT2D eigenvalue weighted by molar-refractivity contribution is -0.141. The maximum absolute atomic E-state index is 12.3. The summed E-state index contributed by atoms with van der Waals surface area (Å²) in [5, 5.41) is 21.4. The van der Waals surface area contributed by atoms with Crippen molar-refractivity contribution < 1.29 is 24.5 Å². The molecule has 0 radical (unpaired) electrons. The van der Waals surface area contributed by atoms with Gasteiger partial charge in [-0.05, 0) is 46.4 Å². The maximum atomic E-state index is 12.3. The van der Waals surface area contributed by atoms with E-state index in [-0.39, 0.29) is 31.2 Å². The second-order valence-corrected chi connectivity index (χ2v) is 7.61. The van der Waals surface area contributed by atoms with E-state index < -0.39 is 18.0 Å². The van der Waals surface area contributed by atoms with Crippen molar-refractivity contribution in [2.45, 2.75) is 12.3 Å². The van der Waals surface area contributed by atoms with E-state index in [1.165, 1.54) is 12.1 Å². The van der Waals surface area contributed by atoms with Crippen LogP contribution < -0.4 is 5.32 Å². The van der Waals surface area contributed by atoms with Gasteiger partial charge in [-0.15, -0.1) is 0 Å². The Morgan fingerprint density at radius 3 is 2.06 bits per heavy atom. The minimum absolute atomic E-state index is 0.0487. The minimum atomic E-state index is -1.01. The van der Waals surface area contributed by atoms with Gasteiger partial charge >= 0.3 is 12.1 Å². The fraction of sp³-hybridized carbons (Fsp3) is 0.200. The molecule has 0 aromatic heterocycles. The molecule has 158 valence electrons. The Bertz CT molecular complexity index is 1050. The largest absolute Gasteiger partial charge is 0.508 e. The van der Waals surface area contributed by atoms with E-state index in [0.717, 1.165) is 27.8 Å². The van der Waals surface area contributed by atoms with E-state index in [0.29, 0.717) is 0 Å². The van der Waals surface area contributed by atoms with Crippen LogP contribution in [0.4, 0.5) is 4.79 Å². The van der Waals surface area contributed by atoms with Crippen LogP contribution in [0, 0.1) is 5.92 Å². The molecule has 0 spiro atoms. The van der Waals surface area contributed by atoms with Crippen LogP contribution in [0.15, 0.2) is 72.8 Å². The molecule has 31 heavy (non-hydrogen) atoms. The third-order valence-electron chi connectivity index (χ3n) is 5.60. The molecular formula is C25H23NO5.